The third-order valence-corrected chi connectivity index (χ3v) is 1.65. The lowest BCUT2D eigenvalue weighted by Crippen LogP contribution is -2.35. The zero-order chi connectivity index (χ0) is 5.33. The number of hydrogen-bond donors (Lipinski definition) is 0. The predicted molar refractivity (Wildman–Crippen MR) is 28.9 cm³/mol. The van der Waals surface area contributed by atoms with E-state index in [2.05, 4.69) is 13.3 Å². The molecule has 1 nitrogen and oxygen atoms in total. The molecule has 1 aliphatic carbocycles. The molecule has 7 heavy (non-hydrogen) atoms. The van der Waals surface area contributed by atoms with Gasteiger partial charge in [0.1, 0.15) is 0 Å². The summed E-state index contributed by atoms with van der Waals surface area (Å²) in [6.07, 6.45) is 4.50. The summed E-state index contributed by atoms with van der Waals surface area (Å²) in [6, 6.07) is 0. The van der Waals surface area contributed by atoms with Crippen LogP contribution in [0, 0.1) is 6.42 Å². The lowest BCUT2D eigenvalue weighted by Gasteiger charge is -2.36. The minimum Gasteiger partial charge on any atom is -0.379 e. The third-order valence-electron chi connectivity index (χ3n) is 1.65. The molecule has 1 radical (unpaired) electrons. The molecule has 41 valence electrons. The number of rotatable bonds is 1. The first-order valence-electron chi connectivity index (χ1n) is 2.64. The standard InChI is InChI=1S/C6H11O/c1-6(7-2)4-3-5-6/h3H,4-5H2,1-2H3. The molecule has 0 spiro atoms. The molecule has 0 heterocycles. The van der Waals surface area contributed by atoms with Gasteiger partial charge in [-0.15, -0.1) is 0 Å². The van der Waals surface area contributed by atoms with Gasteiger partial charge in [-0.2, -0.15) is 0 Å². The van der Waals surface area contributed by atoms with E-state index >= 15 is 0 Å². The normalized spacial score (nSPS) is 26.6. The fraction of sp³-hybridized carbons (Fsp3) is 0.833. The largest absolute Gasteiger partial charge is 0.379 e. The van der Waals surface area contributed by atoms with Crippen molar-refractivity contribution >= 4 is 0 Å². The highest BCUT2D eigenvalue weighted by Gasteiger charge is 2.31. The average Bonchev–Trinajstić information content (AvgIpc) is 1.61. The topological polar surface area (TPSA) is 9.23 Å². The van der Waals surface area contributed by atoms with Crippen LogP contribution in [0.5, 0.6) is 0 Å². The first kappa shape index (κ1) is 5.10. The first-order valence-corrected chi connectivity index (χ1v) is 2.64. The van der Waals surface area contributed by atoms with Gasteiger partial charge in [-0.05, 0) is 26.2 Å². The van der Waals surface area contributed by atoms with Gasteiger partial charge in [0.15, 0.2) is 0 Å². The van der Waals surface area contributed by atoms with Crippen molar-refractivity contribution in [3.05, 3.63) is 6.42 Å². The summed E-state index contributed by atoms with van der Waals surface area (Å²) in [4.78, 5) is 0. The van der Waals surface area contributed by atoms with Crippen molar-refractivity contribution in [2.75, 3.05) is 7.11 Å². The minimum absolute atomic E-state index is 0.208. The van der Waals surface area contributed by atoms with E-state index in [1.807, 2.05) is 0 Å². The van der Waals surface area contributed by atoms with Gasteiger partial charge in [-0.3, -0.25) is 0 Å². The highest BCUT2D eigenvalue weighted by Crippen LogP contribution is 2.32. The van der Waals surface area contributed by atoms with Crippen LogP contribution in [0.15, 0.2) is 0 Å². The summed E-state index contributed by atoms with van der Waals surface area (Å²) < 4.78 is 5.14. The maximum Gasteiger partial charge on any atom is 0.0656 e. The van der Waals surface area contributed by atoms with E-state index in [4.69, 9.17) is 4.74 Å². The van der Waals surface area contributed by atoms with Crippen molar-refractivity contribution in [1.29, 1.82) is 0 Å². The highest BCUT2D eigenvalue weighted by molar-refractivity contribution is 4.97. The zero-order valence-electron chi connectivity index (χ0n) is 4.90. The van der Waals surface area contributed by atoms with Crippen LogP contribution in [-0.4, -0.2) is 12.7 Å². The second-order valence-electron chi connectivity index (χ2n) is 2.35. The number of hydrogen-bond acceptors (Lipinski definition) is 1. The van der Waals surface area contributed by atoms with Crippen molar-refractivity contribution in [3.8, 4) is 0 Å². The molecule has 0 N–H and O–H groups in total. The van der Waals surface area contributed by atoms with Gasteiger partial charge < -0.3 is 4.74 Å². The Hall–Kier alpha value is -0.0400. The van der Waals surface area contributed by atoms with E-state index in [0.29, 0.717) is 0 Å². The van der Waals surface area contributed by atoms with Gasteiger partial charge in [0.25, 0.3) is 0 Å². The molecule has 1 heteroatoms. The van der Waals surface area contributed by atoms with Crippen LogP contribution in [0.3, 0.4) is 0 Å². The minimum atomic E-state index is 0.208. The summed E-state index contributed by atoms with van der Waals surface area (Å²) in [7, 11) is 1.77. The van der Waals surface area contributed by atoms with Crippen molar-refractivity contribution in [2.45, 2.75) is 25.4 Å². The fourth-order valence-corrected chi connectivity index (χ4v) is 0.718. The van der Waals surface area contributed by atoms with Gasteiger partial charge in [-0.1, -0.05) is 0 Å². The highest BCUT2D eigenvalue weighted by atomic mass is 16.5. The molecule has 0 atom stereocenters. The van der Waals surface area contributed by atoms with Gasteiger partial charge in [0.2, 0.25) is 0 Å². The SMILES string of the molecule is COC1(C)C[CH]C1. The van der Waals surface area contributed by atoms with Crippen molar-refractivity contribution in [3.63, 3.8) is 0 Å². The van der Waals surface area contributed by atoms with E-state index in [1.165, 1.54) is 0 Å². The molecular formula is C6H11O. The maximum atomic E-state index is 5.14. The molecule has 1 fully saturated rings. The van der Waals surface area contributed by atoms with E-state index in [0.717, 1.165) is 12.8 Å². The molecule has 1 aliphatic rings. The smallest absolute Gasteiger partial charge is 0.0656 e. The molecule has 0 aromatic rings. The lowest BCUT2D eigenvalue weighted by molar-refractivity contribution is -0.0282. The third kappa shape index (κ3) is 0.778. The summed E-state index contributed by atoms with van der Waals surface area (Å²) in [5.41, 5.74) is 0.208. The average molecular weight is 99.2 g/mol. The van der Waals surface area contributed by atoms with E-state index in [-0.39, 0.29) is 5.60 Å². The second-order valence-corrected chi connectivity index (χ2v) is 2.35. The fourth-order valence-electron chi connectivity index (χ4n) is 0.718. The maximum absolute atomic E-state index is 5.14. The Balaban J connectivity index is 2.29. The second kappa shape index (κ2) is 1.48. The van der Waals surface area contributed by atoms with Crippen LogP contribution >= 0.6 is 0 Å². The van der Waals surface area contributed by atoms with E-state index in [1.54, 1.807) is 7.11 Å². The molecule has 1 rings (SSSR count). The molecule has 1 saturated carbocycles. The van der Waals surface area contributed by atoms with Crippen LogP contribution in [0.4, 0.5) is 0 Å². The predicted octanol–water partition coefficient (Wildman–Crippen LogP) is 1.39. The van der Waals surface area contributed by atoms with Crippen molar-refractivity contribution < 1.29 is 4.74 Å². The first-order chi connectivity index (χ1) is 3.27. The zero-order valence-corrected chi connectivity index (χ0v) is 4.90. The van der Waals surface area contributed by atoms with Gasteiger partial charge >= 0.3 is 0 Å². The Labute approximate surface area is 44.7 Å². The molecular weight excluding hydrogens is 88.1 g/mol. The van der Waals surface area contributed by atoms with Gasteiger partial charge in [0.05, 0.1) is 5.60 Å². The van der Waals surface area contributed by atoms with Crippen LogP contribution in [0.1, 0.15) is 19.8 Å². The molecule has 0 saturated heterocycles. The monoisotopic (exact) mass is 99.1 g/mol. The molecule has 0 aromatic carbocycles. The lowest BCUT2D eigenvalue weighted by atomic mass is 9.82. The summed E-state index contributed by atoms with van der Waals surface area (Å²) in [5.74, 6) is 0. The van der Waals surface area contributed by atoms with E-state index < -0.39 is 0 Å². The summed E-state index contributed by atoms with van der Waals surface area (Å²) in [5, 5.41) is 0. The number of ether oxygens (including phenoxy) is 1. The summed E-state index contributed by atoms with van der Waals surface area (Å²) in [6.45, 7) is 2.13. The molecule has 0 amide bonds. The molecule has 0 aromatic heterocycles. The Morgan fingerprint density at radius 2 is 2.14 bits per heavy atom. The van der Waals surface area contributed by atoms with Crippen LogP contribution < -0.4 is 0 Å². The van der Waals surface area contributed by atoms with Crippen molar-refractivity contribution in [1.82, 2.24) is 0 Å². The van der Waals surface area contributed by atoms with Crippen LogP contribution in [0.2, 0.25) is 0 Å². The van der Waals surface area contributed by atoms with Crippen LogP contribution in [0.25, 0.3) is 0 Å². The van der Waals surface area contributed by atoms with E-state index in [9.17, 15) is 0 Å². The molecule has 0 unspecified atom stereocenters. The van der Waals surface area contributed by atoms with Gasteiger partial charge in [0, 0.05) is 7.11 Å². The molecule has 0 aliphatic heterocycles. The van der Waals surface area contributed by atoms with Crippen molar-refractivity contribution in [2.24, 2.45) is 0 Å². The summed E-state index contributed by atoms with van der Waals surface area (Å²) >= 11 is 0. The number of methoxy groups -OCH3 is 1. The van der Waals surface area contributed by atoms with Gasteiger partial charge in [-0.25, -0.2) is 0 Å². The molecule has 0 bridgehead atoms. The van der Waals surface area contributed by atoms with Crippen LogP contribution in [-0.2, 0) is 4.74 Å². The Bertz CT molecular complexity index is 59.1. The Kier molecular flexibility index (Phi) is 1.08. The quantitative estimate of drug-likeness (QED) is 0.482. The Morgan fingerprint density at radius 1 is 1.57 bits per heavy atom. The Morgan fingerprint density at radius 3 is 2.14 bits per heavy atom.